The van der Waals surface area contributed by atoms with Crippen LogP contribution in [0.4, 0.5) is 11.4 Å². The van der Waals surface area contributed by atoms with Gasteiger partial charge in [-0.05, 0) is 31.2 Å². The number of aromatic nitrogens is 2. The predicted molar refractivity (Wildman–Crippen MR) is 78.7 cm³/mol. The average Bonchev–Trinajstić information content (AvgIpc) is 2.49. The summed E-state index contributed by atoms with van der Waals surface area (Å²) in [6.07, 6.45) is 0. The number of nitriles is 1. The number of nitrogens with zero attached hydrogens (tertiary/aromatic N) is 3. The molecule has 1 N–H and O–H groups in total. The summed E-state index contributed by atoms with van der Waals surface area (Å²) >= 11 is 0. The van der Waals surface area contributed by atoms with E-state index in [1.54, 1.807) is 0 Å². The summed E-state index contributed by atoms with van der Waals surface area (Å²) in [5, 5.41) is 21.5. The number of rotatable bonds is 2. The second kappa shape index (κ2) is 4.98. The van der Waals surface area contributed by atoms with Gasteiger partial charge in [-0.1, -0.05) is 29.8 Å². The highest BCUT2D eigenvalue weighted by Gasteiger charge is 2.10. The molecule has 0 amide bonds. The molecular weight excluding hydrogens is 248 g/mol. The lowest BCUT2D eigenvalue weighted by atomic mass is 10.1. The van der Waals surface area contributed by atoms with Crippen LogP contribution in [-0.4, -0.2) is 10.2 Å². The summed E-state index contributed by atoms with van der Waals surface area (Å²) < 4.78 is 0. The third-order valence-corrected chi connectivity index (χ3v) is 3.06. The molecule has 3 aromatic rings. The van der Waals surface area contributed by atoms with Crippen LogP contribution in [-0.2, 0) is 0 Å². The molecule has 0 fully saturated rings. The first-order valence-corrected chi connectivity index (χ1v) is 6.27. The molecule has 1 aromatic heterocycles. The highest BCUT2D eigenvalue weighted by Crippen LogP contribution is 2.28. The molecular formula is C16H12N4. The Kier molecular flexibility index (Phi) is 3.02. The van der Waals surface area contributed by atoms with E-state index in [0.717, 1.165) is 22.2 Å². The van der Waals surface area contributed by atoms with Crippen LogP contribution in [0.3, 0.4) is 0 Å². The Morgan fingerprint density at radius 3 is 2.60 bits per heavy atom. The Balaban J connectivity index is 2.21. The Hall–Kier alpha value is -2.93. The first-order valence-electron chi connectivity index (χ1n) is 6.27. The van der Waals surface area contributed by atoms with E-state index in [-0.39, 0.29) is 0 Å². The van der Waals surface area contributed by atoms with Crippen LogP contribution in [0.2, 0.25) is 0 Å². The van der Waals surface area contributed by atoms with E-state index >= 15 is 0 Å². The number of hydrogen-bond donors (Lipinski definition) is 1. The van der Waals surface area contributed by atoms with Gasteiger partial charge in [-0.3, -0.25) is 0 Å². The maximum Gasteiger partial charge on any atom is 0.187 e. The van der Waals surface area contributed by atoms with Gasteiger partial charge < -0.3 is 5.32 Å². The van der Waals surface area contributed by atoms with Crippen molar-refractivity contribution in [2.24, 2.45) is 0 Å². The normalized spacial score (nSPS) is 10.2. The topological polar surface area (TPSA) is 61.6 Å². The molecule has 1 heterocycles. The minimum absolute atomic E-state index is 0.298. The van der Waals surface area contributed by atoms with Crippen molar-refractivity contribution in [1.29, 1.82) is 5.26 Å². The molecule has 20 heavy (non-hydrogen) atoms. The predicted octanol–water partition coefficient (Wildman–Crippen LogP) is 3.55. The first kappa shape index (κ1) is 12.1. The van der Waals surface area contributed by atoms with Gasteiger partial charge in [0, 0.05) is 11.1 Å². The van der Waals surface area contributed by atoms with Crippen molar-refractivity contribution in [1.82, 2.24) is 10.2 Å². The van der Waals surface area contributed by atoms with Crippen LogP contribution in [0.25, 0.3) is 10.9 Å². The molecule has 3 rings (SSSR count). The average molecular weight is 260 g/mol. The monoisotopic (exact) mass is 260 g/mol. The summed E-state index contributed by atoms with van der Waals surface area (Å²) in [6.45, 7) is 2.01. The Morgan fingerprint density at radius 2 is 1.85 bits per heavy atom. The van der Waals surface area contributed by atoms with Gasteiger partial charge in [-0.25, -0.2) is 0 Å². The smallest absolute Gasteiger partial charge is 0.187 e. The van der Waals surface area contributed by atoms with E-state index in [1.807, 2.05) is 55.5 Å². The van der Waals surface area contributed by atoms with E-state index in [1.165, 1.54) is 0 Å². The van der Waals surface area contributed by atoms with Gasteiger partial charge in [0.05, 0.1) is 11.2 Å². The fraction of sp³-hybridized carbons (Fsp3) is 0.0625. The molecule has 0 radical (unpaired) electrons. The molecule has 2 aromatic carbocycles. The molecule has 4 heteroatoms. The van der Waals surface area contributed by atoms with Crippen molar-refractivity contribution in [2.45, 2.75) is 6.92 Å². The number of nitrogens with one attached hydrogen (secondary N) is 1. The number of hydrogen-bond acceptors (Lipinski definition) is 4. The van der Waals surface area contributed by atoms with Crippen molar-refractivity contribution >= 4 is 22.3 Å². The molecule has 0 spiro atoms. The Morgan fingerprint density at radius 1 is 1.05 bits per heavy atom. The third-order valence-electron chi connectivity index (χ3n) is 3.06. The maximum absolute atomic E-state index is 9.23. The third kappa shape index (κ3) is 2.17. The second-order valence-corrected chi connectivity index (χ2v) is 4.55. The first-order chi connectivity index (χ1) is 9.78. The molecule has 96 valence electrons. The minimum Gasteiger partial charge on any atom is -0.353 e. The highest BCUT2D eigenvalue weighted by molar-refractivity contribution is 5.95. The zero-order valence-corrected chi connectivity index (χ0v) is 11.0. The van der Waals surface area contributed by atoms with Gasteiger partial charge in [-0.2, -0.15) is 5.26 Å². The van der Waals surface area contributed by atoms with Gasteiger partial charge >= 0.3 is 0 Å². The van der Waals surface area contributed by atoms with E-state index in [9.17, 15) is 5.26 Å². The van der Waals surface area contributed by atoms with Crippen LogP contribution < -0.4 is 5.32 Å². The van der Waals surface area contributed by atoms with Crippen molar-refractivity contribution in [3.05, 3.63) is 59.8 Å². The number of para-hydroxylation sites is 1. The lowest BCUT2D eigenvalue weighted by Gasteiger charge is -2.10. The molecule has 0 bridgehead atoms. The summed E-state index contributed by atoms with van der Waals surface area (Å²) in [5.74, 6) is 0. The van der Waals surface area contributed by atoms with E-state index in [2.05, 4.69) is 21.6 Å². The van der Waals surface area contributed by atoms with Gasteiger partial charge in [0.1, 0.15) is 6.07 Å². The van der Waals surface area contributed by atoms with Gasteiger partial charge in [-0.15, -0.1) is 10.2 Å². The molecule has 0 unspecified atom stereocenters. The number of fused-ring (bicyclic) bond motifs is 1. The van der Waals surface area contributed by atoms with E-state index < -0.39 is 0 Å². The number of anilines is 2. The fourth-order valence-corrected chi connectivity index (χ4v) is 2.09. The number of aryl methyl sites for hydroxylation is 1. The van der Waals surface area contributed by atoms with E-state index in [0.29, 0.717) is 11.4 Å². The van der Waals surface area contributed by atoms with Crippen molar-refractivity contribution < 1.29 is 0 Å². The van der Waals surface area contributed by atoms with Crippen LogP contribution in [0.15, 0.2) is 48.5 Å². The van der Waals surface area contributed by atoms with Crippen LogP contribution >= 0.6 is 0 Å². The summed E-state index contributed by atoms with van der Waals surface area (Å²) in [7, 11) is 0. The molecule has 4 nitrogen and oxygen atoms in total. The second-order valence-electron chi connectivity index (χ2n) is 4.55. The molecule has 0 aliphatic carbocycles. The molecule has 0 saturated carbocycles. The summed E-state index contributed by atoms with van der Waals surface area (Å²) in [6, 6.07) is 17.7. The fourth-order valence-electron chi connectivity index (χ4n) is 2.09. The lowest BCUT2D eigenvalue weighted by Crippen LogP contribution is -2.00. The largest absolute Gasteiger partial charge is 0.353 e. The van der Waals surface area contributed by atoms with Gasteiger partial charge in [0.25, 0.3) is 0 Å². The zero-order valence-electron chi connectivity index (χ0n) is 11.0. The SMILES string of the molecule is Cc1ccc2nnc(C#N)c(Nc3ccccc3)c2c1. The lowest BCUT2D eigenvalue weighted by molar-refractivity contribution is 1.05. The van der Waals surface area contributed by atoms with Gasteiger partial charge in [0.2, 0.25) is 0 Å². The minimum atomic E-state index is 0.298. The van der Waals surface area contributed by atoms with Gasteiger partial charge in [0.15, 0.2) is 5.69 Å². The summed E-state index contributed by atoms with van der Waals surface area (Å²) in [4.78, 5) is 0. The standard InChI is InChI=1S/C16H12N4/c1-11-7-8-14-13(9-11)16(15(10-17)20-19-14)18-12-5-3-2-4-6-12/h2-9H,1H3,(H,18,19). The summed E-state index contributed by atoms with van der Waals surface area (Å²) in [5.41, 5.74) is 3.80. The molecule has 0 atom stereocenters. The van der Waals surface area contributed by atoms with Crippen molar-refractivity contribution in [3.63, 3.8) is 0 Å². The van der Waals surface area contributed by atoms with Crippen LogP contribution in [0.1, 0.15) is 11.3 Å². The quantitative estimate of drug-likeness (QED) is 0.765. The highest BCUT2D eigenvalue weighted by atomic mass is 15.1. The maximum atomic E-state index is 9.23. The van der Waals surface area contributed by atoms with E-state index in [4.69, 9.17) is 0 Å². The zero-order chi connectivity index (χ0) is 13.9. The van der Waals surface area contributed by atoms with Crippen LogP contribution in [0, 0.1) is 18.3 Å². The molecule has 0 aliphatic heterocycles. The Labute approximate surface area is 116 Å². The molecule has 0 saturated heterocycles. The Bertz CT molecular complexity index is 804. The van der Waals surface area contributed by atoms with Crippen LogP contribution in [0.5, 0.6) is 0 Å². The number of benzene rings is 2. The van der Waals surface area contributed by atoms with Crippen molar-refractivity contribution in [3.8, 4) is 6.07 Å². The molecule has 0 aliphatic rings. The van der Waals surface area contributed by atoms with Crippen molar-refractivity contribution in [2.75, 3.05) is 5.32 Å².